The summed E-state index contributed by atoms with van der Waals surface area (Å²) in [7, 11) is 0. The van der Waals surface area contributed by atoms with E-state index in [1.54, 1.807) is 30.0 Å². The van der Waals surface area contributed by atoms with E-state index in [2.05, 4.69) is 15.3 Å². The fourth-order valence-electron chi connectivity index (χ4n) is 3.14. The van der Waals surface area contributed by atoms with Gasteiger partial charge in [-0.25, -0.2) is 14.4 Å². The number of nitrogens with zero attached hydrogens (tertiary/aromatic N) is 3. The van der Waals surface area contributed by atoms with Crippen molar-refractivity contribution < 1.29 is 9.18 Å². The van der Waals surface area contributed by atoms with E-state index in [-0.39, 0.29) is 11.7 Å². The maximum absolute atomic E-state index is 13.4. The van der Waals surface area contributed by atoms with E-state index < -0.39 is 0 Å². The van der Waals surface area contributed by atoms with Crippen molar-refractivity contribution in [2.45, 2.75) is 13.3 Å². The third-order valence-electron chi connectivity index (χ3n) is 4.29. The molecule has 1 aliphatic heterocycles. The highest BCUT2D eigenvalue weighted by molar-refractivity contribution is 6.06. The van der Waals surface area contributed by atoms with Crippen molar-refractivity contribution in [3.8, 4) is 0 Å². The van der Waals surface area contributed by atoms with Crippen molar-refractivity contribution in [3.05, 3.63) is 77.5 Å². The standard InChI is InChI=1S/C20H17FN4O/c1-13-22-17(12-19(23-13)24-16-7-4-6-15(21)11-16)20(26)25-10-9-14-5-2-3-8-18(14)25/h2-8,11-12H,9-10H2,1H3,(H,22,23,24). The van der Waals surface area contributed by atoms with Gasteiger partial charge in [-0.1, -0.05) is 24.3 Å². The monoisotopic (exact) mass is 348 g/mol. The molecule has 130 valence electrons. The lowest BCUT2D eigenvalue weighted by molar-refractivity contribution is 0.0984. The number of carbonyl (C=O) groups is 1. The van der Waals surface area contributed by atoms with Crippen molar-refractivity contribution in [1.29, 1.82) is 0 Å². The molecule has 3 aromatic rings. The fourth-order valence-corrected chi connectivity index (χ4v) is 3.14. The summed E-state index contributed by atoms with van der Waals surface area (Å²) in [5, 5.41) is 3.03. The second-order valence-electron chi connectivity index (χ2n) is 6.16. The number of fused-ring (bicyclic) bond motifs is 1. The van der Waals surface area contributed by atoms with Crippen LogP contribution in [0.4, 0.5) is 21.6 Å². The Morgan fingerprint density at radius 3 is 2.81 bits per heavy atom. The largest absolute Gasteiger partial charge is 0.340 e. The van der Waals surface area contributed by atoms with Crippen molar-refractivity contribution in [1.82, 2.24) is 9.97 Å². The highest BCUT2D eigenvalue weighted by Gasteiger charge is 2.26. The van der Waals surface area contributed by atoms with Crippen LogP contribution in [0.25, 0.3) is 0 Å². The quantitative estimate of drug-likeness (QED) is 0.781. The van der Waals surface area contributed by atoms with Crippen LogP contribution in [0.15, 0.2) is 54.6 Å². The number of anilines is 3. The third kappa shape index (κ3) is 3.13. The zero-order valence-electron chi connectivity index (χ0n) is 14.2. The van der Waals surface area contributed by atoms with Gasteiger partial charge in [-0.05, 0) is 43.2 Å². The Labute approximate surface area is 150 Å². The number of rotatable bonds is 3. The molecule has 5 nitrogen and oxygen atoms in total. The number of nitrogens with one attached hydrogen (secondary N) is 1. The Balaban J connectivity index is 1.63. The van der Waals surface area contributed by atoms with Gasteiger partial charge in [0.25, 0.3) is 5.91 Å². The number of aromatic nitrogens is 2. The van der Waals surface area contributed by atoms with E-state index in [0.29, 0.717) is 29.6 Å². The first-order chi connectivity index (χ1) is 12.6. The molecule has 1 aromatic heterocycles. The minimum atomic E-state index is -0.342. The Morgan fingerprint density at radius 1 is 1.12 bits per heavy atom. The van der Waals surface area contributed by atoms with Gasteiger partial charge in [0.1, 0.15) is 23.2 Å². The van der Waals surface area contributed by atoms with Gasteiger partial charge in [0.05, 0.1) is 0 Å². The lowest BCUT2D eigenvalue weighted by Crippen LogP contribution is -2.30. The van der Waals surface area contributed by atoms with E-state index in [0.717, 1.165) is 17.7 Å². The number of hydrogen-bond acceptors (Lipinski definition) is 4. The molecular formula is C20H17FN4O. The minimum absolute atomic E-state index is 0.164. The summed E-state index contributed by atoms with van der Waals surface area (Å²) >= 11 is 0. The van der Waals surface area contributed by atoms with Crippen LogP contribution in [0, 0.1) is 12.7 Å². The summed E-state index contributed by atoms with van der Waals surface area (Å²) in [6.45, 7) is 2.36. The summed E-state index contributed by atoms with van der Waals surface area (Å²) in [6, 6.07) is 15.6. The van der Waals surface area contributed by atoms with Crippen LogP contribution in [0.1, 0.15) is 21.9 Å². The molecular weight excluding hydrogens is 331 g/mol. The van der Waals surface area contributed by atoms with Crippen LogP contribution in [0.2, 0.25) is 0 Å². The van der Waals surface area contributed by atoms with E-state index in [1.165, 1.54) is 12.1 Å². The zero-order chi connectivity index (χ0) is 18.1. The molecule has 2 aromatic carbocycles. The normalized spacial score (nSPS) is 12.8. The van der Waals surface area contributed by atoms with Crippen LogP contribution in [0.5, 0.6) is 0 Å². The van der Waals surface area contributed by atoms with Crippen LogP contribution in [-0.2, 0) is 6.42 Å². The number of carbonyl (C=O) groups excluding carboxylic acids is 1. The lowest BCUT2D eigenvalue weighted by atomic mass is 10.2. The lowest BCUT2D eigenvalue weighted by Gasteiger charge is -2.17. The first-order valence-electron chi connectivity index (χ1n) is 8.38. The molecule has 0 saturated carbocycles. The van der Waals surface area contributed by atoms with Crippen LogP contribution < -0.4 is 10.2 Å². The van der Waals surface area contributed by atoms with Crippen LogP contribution in [-0.4, -0.2) is 22.4 Å². The SMILES string of the molecule is Cc1nc(Nc2cccc(F)c2)cc(C(=O)N2CCc3ccccc32)n1. The molecule has 0 radical (unpaired) electrons. The van der Waals surface area contributed by atoms with Gasteiger partial charge in [0, 0.05) is 24.0 Å². The molecule has 4 rings (SSSR count). The Bertz CT molecular complexity index is 989. The molecule has 0 fully saturated rings. The van der Waals surface area contributed by atoms with Crippen molar-refractivity contribution >= 4 is 23.1 Å². The van der Waals surface area contributed by atoms with Gasteiger partial charge in [-0.2, -0.15) is 0 Å². The molecule has 0 bridgehead atoms. The van der Waals surface area contributed by atoms with Gasteiger partial charge in [-0.15, -0.1) is 0 Å². The van der Waals surface area contributed by atoms with Crippen molar-refractivity contribution in [3.63, 3.8) is 0 Å². The molecule has 1 N–H and O–H groups in total. The Morgan fingerprint density at radius 2 is 1.96 bits per heavy atom. The predicted molar refractivity (Wildman–Crippen MR) is 98.3 cm³/mol. The smallest absolute Gasteiger partial charge is 0.277 e. The van der Waals surface area contributed by atoms with E-state index >= 15 is 0 Å². The number of amides is 1. The van der Waals surface area contributed by atoms with E-state index in [9.17, 15) is 9.18 Å². The Hall–Kier alpha value is -3.28. The first-order valence-corrected chi connectivity index (χ1v) is 8.38. The van der Waals surface area contributed by atoms with Crippen molar-refractivity contribution in [2.24, 2.45) is 0 Å². The number of para-hydroxylation sites is 1. The highest BCUT2D eigenvalue weighted by Crippen LogP contribution is 2.29. The summed E-state index contributed by atoms with van der Waals surface area (Å²) in [5.41, 5.74) is 2.96. The molecule has 0 unspecified atom stereocenters. The third-order valence-corrected chi connectivity index (χ3v) is 4.29. The second kappa shape index (κ2) is 6.55. The molecule has 6 heteroatoms. The summed E-state index contributed by atoms with van der Waals surface area (Å²) in [6.07, 6.45) is 0.834. The molecule has 0 aliphatic carbocycles. The second-order valence-corrected chi connectivity index (χ2v) is 6.16. The van der Waals surface area contributed by atoms with Gasteiger partial charge < -0.3 is 10.2 Å². The highest BCUT2D eigenvalue weighted by atomic mass is 19.1. The molecule has 1 amide bonds. The van der Waals surface area contributed by atoms with Crippen LogP contribution in [0.3, 0.4) is 0 Å². The van der Waals surface area contributed by atoms with Gasteiger partial charge >= 0.3 is 0 Å². The number of hydrogen-bond donors (Lipinski definition) is 1. The molecule has 2 heterocycles. The zero-order valence-corrected chi connectivity index (χ0v) is 14.2. The first kappa shape index (κ1) is 16.2. The summed E-state index contributed by atoms with van der Waals surface area (Å²) in [4.78, 5) is 23.3. The van der Waals surface area contributed by atoms with Gasteiger partial charge in [0.15, 0.2) is 0 Å². The molecule has 0 atom stereocenters. The molecule has 0 saturated heterocycles. The van der Waals surface area contributed by atoms with Gasteiger partial charge in [-0.3, -0.25) is 4.79 Å². The van der Waals surface area contributed by atoms with E-state index in [1.807, 2.05) is 24.3 Å². The maximum Gasteiger partial charge on any atom is 0.277 e. The minimum Gasteiger partial charge on any atom is -0.340 e. The van der Waals surface area contributed by atoms with Crippen molar-refractivity contribution in [2.75, 3.05) is 16.8 Å². The predicted octanol–water partition coefficient (Wildman–Crippen LogP) is 3.87. The number of halogens is 1. The number of aryl methyl sites for hydroxylation is 1. The fraction of sp³-hybridized carbons (Fsp3) is 0.150. The molecule has 26 heavy (non-hydrogen) atoms. The maximum atomic E-state index is 13.4. The van der Waals surface area contributed by atoms with Gasteiger partial charge in [0.2, 0.25) is 0 Å². The average molecular weight is 348 g/mol. The summed E-state index contributed by atoms with van der Waals surface area (Å²) in [5.74, 6) is 0.426. The Kier molecular flexibility index (Phi) is 4.08. The number of benzene rings is 2. The van der Waals surface area contributed by atoms with Crippen LogP contribution >= 0.6 is 0 Å². The summed E-state index contributed by atoms with van der Waals surface area (Å²) < 4.78 is 13.4. The topological polar surface area (TPSA) is 58.1 Å². The molecule has 0 spiro atoms. The average Bonchev–Trinajstić information content (AvgIpc) is 3.04. The molecule has 1 aliphatic rings. The van der Waals surface area contributed by atoms with E-state index in [4.69, 9.17) is 0 Å².